The van der Waals surface area contributed by atoms with Crippen LogP contribution in [-0.4, -0.2) is 121 Å². The highest BCUT2D eigenvalue weighted by Crippen LogP contribution is 2.37. The SMILES string of the molecule is CC(C)(C)OC(=O)N1CCC(c2nn(-c3nc4ccccc4[nH]3)c(O)c2CCc2ccc(CCCOCC(=O)NCCNc3cccc4c3C(=O)N(C3CCC(=O)NC3=O)C4=O)cc2)CC1. The Morgan fingerprint density at radius 1 is 0.879 bits per heavy atom. The summed E-state index contributed by atoms with van der Waals surface area (Å²) in [6.45, 7) is 7.40. The Kier molecular flexibility index (Phi) is 13.5. The second kappa shape index (κ2) is 19.6. The molecule has 346 valence electrons. The van der Waals surface area contributed by atoms with Crippen LogP contribution in [-0.2, 0) is 43.1 Å². The molecule has 5 N–H and O–H groups in total. The highest BCUT2D eigenvalue weighted by Gasteiger charge is 2.45. The molecule has 0 spiro atoms. The number of nitrogens with one attached hydrogen (secondary N) is 4. The van der Waals surface area contributed by atoms with Crippen LogP contribution in [0.4, 0.5) is 10.5 Å². The molecule has 2 fully saturated rings. The molecule has 3 aromatic carbocycles. The van der Waals surface area contributed by atoms with Crippen molar-refractivity contribution in [2.45, 2.75) is 89.7 Å². The molecule has 0 aliphatic carbocycles. The van der Waals surface area contributed by atoms with E-state index in [1.54, 1.807) is 17.0 Å². The summed E-state index contributed by atoms with van der Waals surface area (Å²) in [4.78, 5) is 86.3. The minimum Gasteiger partial charge on any atom is -0.493 e. The van der Waals surface area contributed by atoms with Crippen LogP contribution >= 0.6 is 0 Å². The van der Waals surface area contributed by atoms with Crippen molar-refractivity contribution in [3.05, 3.63) is 100 Å². The number of amides is 6. The Morgan fingerprint density at radius 3 is 2.35 bits per heavy atom. The summed E-state index contributed by atoms with van der Waals surface area (Å²) >= 11 is 0. The standard InChI is InChI=1S/C48H55N9O9/c1-48(2,3)66-47(64)55-25-21-31(22-26-55)41-33(44(62)57(54-41)46-51-34-10-4-5-11-35(34)52-46)18-17-30-15-13-29(14-16-30)8-7-27-65-28-39(59)50-24-23-49-36-12-6-9-32-40(36)45(63)56(43(32)61)37-19-20-38(58)53-42(37)60/h4-6,9-16,31,37,49,62H,7-8,17-28H2,1-3H3,(H,50,59)(H,51,52)(H,53,58,60). The fraction of sp³-hybridized carbons (Fsp3) is 0.417. The van der Waals surface area contributed by atoms with Gasteiger partial charge in [0.2, 0.25) is 29.5 Å². The number of carbonyl (C=O) groups is 6. The topological polar surface area (TPSA) is 230 Å². The van der Waals surface area contributed by atoms with Gasteiger partial charge in [0.1, 0.15) is 18.2 Å². The van der Waals surface area contributed by atoms with E-state index in [1.807, 2.05) is 45.0 Å². The van der Waals surface area contributed by atoms with Crippen LogP contribution in [0.3, 0.4) is 0 Å². The monoisotopic (exact) mass is 901 g/mol. The minimum absolute atomic E-state index is 0.0358. The molecule has 5 heterocycles. The van der Waals surface area contributed by atoms with E-state index in [9.17, 15) is 33.9 Å². The van der Waals surface area contributed by atoms with E-state index in [2.05, 4.69) is 45.2 Å². The molecule has 1 unspecified atom stereocenters. The van der Waals surface area contributed by atoms with E-state index >= 15 is 0 Å². The molecule has 3 aliphatic heterocycles. The van der Waals surface area contributed by atoms with Crippen molar-refractivity contribution in [2.75, 3.05) is 44.7 Å². The number of hydrogen-bond donors (Lipinski definition) is 5. The first kappa shape index (κ1) is 45.5. The largest absolute Gasteiger partial charge is 0.493 e. The van der Waals surface area contributed by atoms with Crippen molar-refractivity contribution in [3.8, 4) is 11.8 Å². The molecular formula is C48H55N9O9. The van der Waals surface area contributed by atoms with Crippen molar-refractivity contribution in [3.63, 3.8) is 0 Å². The zero-order valence-corrected chi connectivity index (χ0v) is 37.4. The molecule has 6 amide bonds. The maximum Gasteiger partial charge on any atom is 0.410 e. The predicted octanol–water partition coefficient (Wildman–Crippen LogP) is 4.93. The lowest BCUT2D eigenvalue weighted by atomic mass is 9.89. The van der Waals surface area contributed by atoms with Crippen LogP contribution in [0.5, 0.6) is 5.88 Å². The summed E-state index contributed by atoms with van der Waals surface area (Å²) < 4.78 is 12.7. The van der Waals surface area contributed by atoms with Crippen LogP contribution < -0.4 is 16.0 Å². The van der Waals surface area contributed by atoms with Gasteiger partial charge in [-0.05, 0) is 101 Å². The van der Waals surface area contributed by atoms with Crippen LogP contribution in [0.25, 0.3) is 17.0 Å². The van der Waals surface area contributed by atoms with Crippen LogP contribution in [0.15, 0.2) is 66.7 Å². The van der Waals surface area contributed by atoms with E-state index in [-0.39, 0.29) is 67.5 Å². The molecular weight excluding hydrogens is 847 g/mol. The Hall–Kier alpha value is -7.08. The number of carbonyl (C=O) groups excluding carboxylic acids is 6. The summed E-state index contributed by atoms with van der Waals surface area (Å²) in [5.41, 5.74) is 5.58. The number of aromatic amines is 1. The summed E-state index contributed by atoms with van der Waals surface area (Å²) in [7, 11) is 0. The molecule has 0 bridgehead atoms. The fourth-order valence-corrected chi connectivity index (χ4v) is 8.67. The van der Waals surface area contributed by atoms with Crippen LogP contribution in [0, 0.1) is 0 Å². The molecule has 2 aromatic heterocycles. The average molecular weight is 902 g/mol. The zero-order chi connectivity index (χ0) is 46.5. The van der Waals surface area contributed by atoms with Gasteiger partial charge in [-0.15, -0.1) is 0 Å². The number of para-hydroxylation sites is 2. The number of piperidine rings is 2. The van der Waals surface area contributed by atoms with Gasteiger partial charge in [-0.25, -0.2) is 9.78 Å². The molecule has 66 heavy (non-hydrogen) atoms. The number of hydrogen-bond acceptors (Lipinski definition) is 12. The van der Waals surface area contributed by atoms with E-state index < -0.39 is 35.3 Å². The van der Waals surface area contributed by atoms with Gasteiger partial charge in [0, 0.05) is 56.4 Å². The molecule has 3 aliphatic rings. The molecule has 8 rings (SSSR count). The third kappa shape index (κ3) is 10.2. The van der Waals surface area contributed by atoms with Gasteiger partial charge < -0.3 is 35.1 Å². The number of fused-ring (bicyclic) bond motifs is 2. The van der Waals surface area contributed by atoms with Gasteiger partial charge in [0.15, 0.2) is 0 Å². The highest BCUT2D eigenvalue weighted by molar-refractivity contribution is 6.25. The van der Waals surface area contributed by atoms with E-state index in [0.29, 0.717) is 63.4 Å². The van der Waals surface area contributed by atoms with Crippen molar-refractivity contribution >= 4 is 52.3 Å². The lowest BCUT2D eigenvalue weighted by molar-refractivity contribution is -0.136. The number of H-pyrrole nitrogens is 1. The number of benzene rings is 3. The average Bonchev–Trinajstić information content (AvgIpc) is 3.95. The number of rotatable bonds is 16. The highest BCUT2D eigenvalue weighted by atomic mass is 16.6. The Bertz CT molecular complexity index is 2610. The quantitative estimate of drug-likeness (QED) is 0.0656. The normalized spacial score (nSPS) is 16.7. The molecule has 18 nitrogen and oxygen atoms in total. The molecule has 5 aromatic rings. The van der Waals surface area contributed by atoms with Crippen LogP contribution in [0.2, 0.25) is 0 Å². The first-order chi connectivity index (χ1) is 31.7. The molecule has 2 saturated heterocycles. The van der Waals surface area contributed by atoms with Crippen molar-refractivity contribution in [1.82, 2.24) is 40.2 Å². The van der Waals surface area contributed by atoms with Crippen LogP contribution in [0.1, 0.15) is 102 Å². The Balaban J connectivity index is 0.782. The molecule has 0 radical (unpaired) electrons. The minimum atomic E-state index is -1.06. The number of aromatic hydroxyl groups is 1. The van der Waals surface area contributed by atoms with Gasteiger partial charge in [-0.3, -0.25) is 34.2 Å². The van der Waals surface area contributed by atoms with Crippen molar-refractivity contribution in [2.24, 2.45) is 0 Å². The zero-order valence-electron chi connectivity index (χ0n) is 37.4. The summed E-state index contributed by atoms with van der Waals surface area (Å²) in [6.07, 6.45) is 3.85. The molecule has 1 atom stereocenters. The first-order valence-corrected chi connectivity index (χ1v) is 22.5. The van der Waals surface area contributed by atoms with Gasteiger partial charge in [0.05, 0.1) is 27.9 Å². The van der Waals surface area contributed by atoms with Crippen molar-refractivity contribution < 1.29 is 43.3 Å². The second-order valence-electron chi connectivity index (χ2n) is 17.8. The number of likely N-dealkylation sites (tertiary alicyclic amines) is 1. The lowest BCUT2D eigenvalue weighted by Crippen LogP contribution is -2.54. The maximum absolute atomic E-state index is 13.3. The van der Waals surface area contributed by atoms with Gasteiger partial charge in [-0.2, -0.15) is 9.78 Å². The summed E-state index contributed by atoms with van der Waals surface area (Å²) in [5, 5.41) is 24.7. The molecule has 18 heteroatoms. The number of ether oxygens (including phenoxy) is 2. The maximum atomic E-state index is 13.3. The Labute approximate surface area is 381 Å². The van der Waals surface area contributed by atoms with E-state index in [1.165, 1.54) is 10.7 Å². The number of aryl methyl sites for hydroxylation is 2. The van der Waals surface area contributed by atoms with Gasteiger partial charge >= 0.3 is 6.09 Å². The number of anilines is 1. The number of imide groups is 2. The summed E-state index contributed by atoms with van der Waals surface area (Å²) in [5.74, 6) is -2.08. The lowest BCUT2D eigenvalue weighted by Gasteiger charge is -2.33. The van der Waals surface area contributed by atoms with E-state index in [4.69, 9.17) is 19.6 Å². The second-order valence-corrected chi connectivity index (χ2v) is 17.8. The van der Waals surface area contributed by atoms with Gasteiger partial charge in [-0.1, -0.05) is 42.5 Å². The van der Waals surface area contributed by atoms with E-state index in [0.717, 1.165) is 44.7 Å². The van der Waals surface area contributed by atoms with Gasteiger partial charge in [0.25, 0.3) is 11.8 Å². The number of nitrogens with zero attached hydrogens (tertiary/aromatic N) is 5. The third-order valence-electron chi connectivity index (χ3n) is 12.0. The van der Waals surface area contributed by atoms with Crippen molar-refractivity contribution in [1.29, 1.82) is 0 Å². The predicted molar refractivity (Wildman–Crippen MR) is 242 cm³/mol. The fourth-order valence-electron chi connectivity index (χ4n) is 8.67. The summed E-state index contributed by atoms with van der Waals surface area (Å²) in [6, 6.07) is 19.8. The third-order valence-corrected chi connectivity index (χ3v) is 12.0. The number of aromatic nitrogens is 4. The smallest absolute Gasteiger partial charge is 0.410 e. The Morgan fingerprint density at radius 2 is 1.62 bits per heavy atom. The first-order valence-electron chi connectivity index (χ1n) is 22.5. The molecule has 0 saturated carbocycles. The number of imidazole rings is 1.